The van der Waals surface area contributed by atoms with Gasteiger partial charge in [0.1, 0.15) is 0 Å². The van der Waals surface area contributed by atoms with Crippen LogP contribution in [-0.4, -0.2) is 33.0 Å². The first-order valence-electron chi connectivity index (χ1n) is 7.51. The molecule has 6 nitrogen and oxygen atoms in total. The average molecular weight is 361 g/mol. The molecule has 0 aromatic heterocycles. The molecule has 0 fully saturated rings. The Kier molecular flexibility index (Phi) is 5.58. The van der Waals surface area contributed by atoms with Crippen LogP contribution >= 0.6 is 0 Å². The van der Waals surface area contributed by atoms with Gasteiger partial charge in [0.2, 0.25) is 15.8 Å². The van der Waals surface area contributed by atoms with E-state index in [0.29, 0.717) is 5.56 Å². The number of rotatable bonds is 6. The van der Waals surface area contributed by atoms with Crippen LogP contribution in [0.5, 0.6) is 0 Å². The summed E-state index contributed by atoms with van der Waals surface area (Å²) in [6, 6.07) is 11.4. The van der Waals surface area contributed by atoms with E-state index in [1.807, 2.05) is 26.0 Å². The summed E-state index contributed by atoms with van der Waals surface area (Å²) in [6.45, 7) is 3.31. The number of nitrogens with one attached hydrogen (secondary N) is 1. The van der Waals surface area contributed by atoms with Crippen LogP contribution in [0.25, 0.3) is 0 Å². The second kappa shape index (κ2) is 7.48. The van der Waals surface area contributed by atoms with E-state index in [-0.39, 0.29) is 23.6 Å². The fraction of sp³-hybridized carbons (Fsp3) is 0.222. The standard InChI is InChI=1S/C18H19NO5S/c1-12-7-8-13(2)16(9-12)17(20)11-24-18(21)14-5-4-6-15(10-14)19-25(3,22)23/h4-10,19H,11H2,1-3H3. The molecule has 0 aliphatic heterocycles. The van der Waals surface area contributed by atoms with Gasteiger partial charge in [-0.1, -0.05) is 23.8 Å². The van der Waals surface area contributed by atoms with Crippen molar-refractivity contribution in [2.45, 2.75) is 13.8 Å². The van der Waals surface area contributed by atoms with Crippen LogP contribution in [-0.2, 0) is 14.8 Å². The maximum atomic E-state index is 12.2. The van der Waals surface area contributed by atoms with E-state index in [2.05, 4.69) is 4.72 Å². The quantitative estimate of drug-likeness (QED) is 0.631. The van der Waals surface area contributed by atoms with Crippen molar-refractivity contribution in [1.82, 2.24) is 0 Å². The maximum absolute atomic E-state index is 12.2. The number of ketones is 1. The summed E-state index contributed by atoms with van der Waals surface area (Å²) in [5, 5.41) is 0. The van der Waals surface area contributed by atoms with Crippen LogP contribution in [0.3, 0.4) is 0 Å². The van der Waals surface area contributed by atoms with Crippen LogP contribution in [0.4, 0.5) is 5.69 Å². The fourth-order valence-electron chi connectivity index (χ4n) is 2.25. The molecule has 0 aliphatic rings. The summed E-state index contributed by atoms with van der Waals surface area (Å²) in [5.41, 5.74) is 2.67. The second-order valence-corrected chi connectivity index (χ2v) is 7.52. The average Bonchev–Trinajstić information content (AvgIpc) is 2.53. The molecule has 25 heavy (non-hydrogen) atoms. The van der Waals surface area contributed by atoms with Gasteiger partial charge in [-0.3, -0.25) is 9.52 Å². The lowest BCUT2D eigenvalue weighted by molar-refractivity contribution is 0.0474. The molecule has 0 bridgehead atoms. The maximum Gasteiger partial charge on any atom is 0.338 e. The van der Waals surface area contributed by atoms with Gasteiger partial charge in [-0.15, -0.1) is 0 Å². The molecule has 132 valence electrons. The van der Waals surface area contributed by atoms with Gasteiger partial charge in [-0.25, -0.2) is 13.2 Å². The monoisotopic (exact) mass is 361 g/mol. The predicted octanol–water partition coefficient (Wildman–Crippen LogP) is 2.71. The molecule has 0 spiro atoms. The largest absolute Gasteiger partial charge is 0.454 e. The Morgan fingerprint density at radius 1 is 1.08 bits per heavy atom. The Morgan fingerprint density at radius 2 is 1.80 bits per heavy atom. The molecular weight excluding hydrogens is 342 g/mol. The number of aryl methyl sites for hydroxylation is 2. The van der Waals surface area contributed by atoms with Crippen molar-refractivity contribution in [3.05, 3.63) is 64.7 Å². The van der Waals surface area contributed by atoms with Gasteiger partial charge in [0, 0.05) is 11.3 Å². The number of benzene rings is 2. The normalized spacial score (nSPS) is 11.0. The van der Waals surface area contributed by atoms with Gasteiger partial charge in [-0.05, 0) is 43.7 Å². The van der Waals surface area contributed by atoms with Crippen LogP contribution in [0.2, 0.25) is 0 Å². The SMILES string of the molecule is Cc1ccc(C)c(C(=O)COC(=O)c2cccc(NS(C)(=O)=O)c2)c1. The molecule has 0 heterocycles. The summed E-state index contributed by atoms with van der Waals surface area (Å²) in [4.78, 5) is 24.3. The molecule has 0 saturated heterocycles. The van der Waals surface area contributed by atoms with Gasteiger partial charge < -0.3 is 4.74 Å². The summed E-state index contributed by atoms with van der Waals surface area (Å²) in [6.07, 6.45) is 1.01. The fourth-order valence-corrected chi connectivity index (χ4v) is 2.81. The van der Waals surface area contributed by atoms with Crippen molar-refractivity contribution in [2.24, 2.45) is 0 Å². The first-order valence-corrected chi connectivity index (χ1v) is 9.40. The molecule has 0 unspecified atom stereocenters. The number of ether oxygens (including phenoxy) is 1. The van der Waals surface area contributed by atoms with Crippen molar-refractivity contribution in [1.29, 1.82) is 0 Å². The number of Topliss-reactive ketones (excluding diaryl/α,β-unsaturated/α-hetero) is 1. The van der Waals surface area contributed by atoms with E-state index in [0.717, 1.165) is 17.4 Å². The van der Waals surface area contributed by atoms with E-state index in [1.165, 1.54) is 24.3 Å². The number of carbonyl (C=O) groups is 2. The van der Waals surface area contributed by atoms with Gasteiger partial charge >= 0.3 is 5.97 Å². The predicted molar refractivity (Wildman–Crippen MR) is 95.4 cm³/mol. The summed E-state index contributed by atoms with van der Waals surface area (Å²) in [7, 11) is -3.45. The van der Waals surface area contributed by atoms with Crippen molar-refractivity contribution in [3.8, 4) is 0 Å². The summed E-state index contributed by atoms with van der Waals surface area (Å²) in [5.74, 6) is -0.990. The van der Waals surface area contributed by atoms with Crippen LogP contribution < -0.4 is 4.72 Å². The first kappa shape index (κ1) is 18.7. The van der Waals surface area contributed by atoms with Gasteiger partial charge in [-0.2, -0.15) is 0 Å². The third-order valence-electron chi connectivity index (χ3n) is 3.43. The summed E-state index contributed by atoms with van der Waals surface area (Å²) >= 11 is 0. The first-order chi connectivity index (χ1) is 11.7. The molecule has 0 atom stereocenters. The molecule has 2 aromatic carbocycles. The van der Waals surface area contributed by atoms with E-state index >= 15 is 0 Å². The van der Waals surface area contributed by atoms with Gasteiger partial charge in [0.25, 0.3) is 0 Å². The number of hydrogen-bond acceptors (Lipinski definition) is 5. The number of esters is 1. The summed E-state index contributed by atoms with van der Waals surface area (Å²) < 4.78 is 29.8. The molecule has 7 heteroatoms. The Morgan fingerprint density at radius 3 is 2.48 bits per heavy atom. The highest BCUT2D eigenvalue weighted by Gasteiger charge is 2.14. The molecular formula is C18H19NO5S. The molecule has 0 saturated carbocycles. The number of anilines is 1. The lowest BCUT2D eigenvalue weighted by atomic mass is 10.0. The zero-order chi connectivity index (χ0) is 18.6. The minimum absolute atomic E-state index is 0.155. The molecule has 0 radical (unpaired) electrons. The molecule has 0 amide bonds. The highest BCUT2D eigenvalue weighted by Crippen LogP contribution is 2.14. The van der Waals surface area contributed by atoms with Crippen molar-refractivity contribution < 1.29 is 22.7 Å². The van der Waals surface area contributed by atoms with Crippen LogP contribution in [0.15, 0.2) is 42.5 Å². The highest BCUT2D eigenvalue weighted by molar-refractivity contribution is 7.92. The lowest BCUT2D eigenvalue weighted by Crippen LogP contribution is -2.16. The number of sulfonamides is 1. The third-order valence-corrected chi connectivity index (χ3v) is 4.04. The van der Waals surface area contributed by atoms with Crippen LogP contribution in [0.1, 0.15) is 31.8 Å². The zero-order valence-corrected chi connectivity index (χ0v) is 15.0. The Bertz CT molecular complexity index is 919. The molecule has 2 aromatic rings. The van der Waals surface area contributed by atoms with E-state index in [1.54, 1.807) is 6.07 Å². The van der Waals surface area contributed by atoms with E-state index < -0.39 is 16.0 Å². The lowest BCUT2D eigenvalue weighted by Gasteiger charge is -2.09. The smallest absolute Gasteiger partial charge is 0.338 e. The second-order valence-electron chi connectivity index (χ2n) is 5.77. The molecule has 2 rings (SSSR count). The minimum atomic E-state index is -3.45. The molecule has 0 aliphatic carbocycles. The van der Waals surface area contributed by atoms with Gasteiger partial charge in [0.15, 0.2) is 6.61 Å². The van der Waals surface area contributed by atoms with Gasteiger partial charge in [0.05, 0.1) is 11.8 Å². The number of carbonyl (C=O) groups excluding carboxylic acids is 2. The number of hydrogen-bond donors (Lipinski definition) is 1. The highest BCUT2D eigenvalue weighted by atomic mass is 32.2. The van der Waals surface area contributed by atoms with E-state index in [4.69, 9.17) is 4.74 Å². The topological polar surface area (TPSA) is 89.5 Å². The van der Waals surface area contributed by atoms with E-state index in [9.17, 15) is 18.0 Å². The third kappa shape index (κ3) is 5.42. The zero-order valence-electron chi connectivity index (χ0n) is 14.2. The Labute approximate surface area is 146 Å². The van der Waals surface area contributed by atoms with Crippen LogP contribution in [0, 0.1) is 13.8 Å². The van der Waals surface area contributed by atoms with Crippen molar-refractivity contribution >= 4 is 27.5 Å². The minimum Gasteiger partial charge on any atom is -0.454 e. The van der Waals surface area contributed by atoms with Crippen molar-refractivity contribution in [2.75, 3.05) is 17.6 Å². The Balaban J connectivity index is 2.06. The molecule has 1 N–H and O–H groups in total. The van der Waals surface area contributed by atoms with Crippen molar-refractivity contribution in [3.63, 3.8) is 0 Å². The Hall–Kier alpha value is -2.67.